The summed E-state index contributed by atoms with van der Waals surface area (Å²) in [6.07, 6.45) is -0.162. The molecule has 0 amide bonds. The molecule has 5 heteroatoms. The number of aliphatic hydroxyl groups excluding tert-OH is 1. The Morgan fingerprint density at radius 1 is 1.10 bits per heavy atom. The van der Waals surface area contributed by atoms with Crippen molar-refractivity contribution in [3.8, 4) is 0 Å². The SMILES string of the molecule is C[SiH2]OC(O[SiH2]C)C(C)(C)C(c1ccccc1)C(C)CO. The van der Waals surface area contributed by atoms with Crippen molar-refractivity contribution in [2.24, 2.45) is 11.3 Å². The van der Waals surface area contributed by atoms with E-state index >= 15 is 0 Å². The first-order chi connectivity index (χ1) is 9.98. The minimum atomic E-state index is -0.542. The van der Waals surface area contributed by atoms with E-state index in [2.05, 4.69) is 58.1 Å². The molecule has 0 spiro atoms. The molecule has 21 heavy (non-hydrogen) atoms. The lowest BCUT2D eigenvalue weighted by Crippen LogP contribution is -2.43. The third-order valence-electron chi connectivity index (χ3n) is 4.06. The van der Waals surface area contributed by atoms with Crippen molar-refractivity contribution in [1.82, 2.24) is 0 Å². The molecule has 120 valence electrons. The average molecular weight is 327 g/mol. The highest BCUT2D eigenvalue weighted by Crippen LogP contribution is 2.44. The molecule has 2 atom stereocenters. The lowest BCUT2D eigenvalue weighted by molar-refractivity contribution is -0.0997. The number of hydrogen-bond donors (Lipinski definition) is 1. The van der Waals surface area contributed by atoms with Gasteiger partial charge < -0.3 is 14.0 Å². The van der Waals surface area contributed by atoms with Crippen LogP contribution in [0.25, 0.3) is 0 Å². The van der Waals surface area contributed by atoms with Gasteiger partial charge in [-0.15, -0.1) is 0 Å². The summed E-state index contributed by atoms with van der Waals surface area (Å²) in [5, 5.41) is 9.71. The fraction of sp³-hybridized carbons (Fsp3) is 0.625. The van der Waals surface area contributed by atoms with Crippen molar-refractivity contribution < 1.29 is 14.0 Å². The summed E-state index contributed by atoms with van der Waals surface area (Å²) in [4.78, 5) is 0. The quantitative estimate of drug-likeness (QED) is 0.557. The van der Waals surface area contributed by atoms with Crippen LogP contribution >= 0.6 is 0 Å². The second-order valence-electron chi connectivity index (χ2n) is 6.11. The zero-order chi connectivity index (χ0) is 15.9. The van der Waals surface area contributed by atoms with Crippen LogP contribution in [0.1, 0.15) is 32.3 Å². The monoisotopic (exact) mass is 326 g/mol. The molecule has 0 aliphatic carbocycles. The van der Waals surface area contributed by atoms with Crippen molar-refractivity contribution in [2.75, 3.05) is 6.61 Å². The predicted molar refractivity (Wildman–Crippen MR) is 94.0 cm³/mol. The Balaban J connectivity index is 3.16. The minimum Gasteiger partial charge on any atom is -0.400 e. The van der Waals surface area contributed by atoms with Crippen molar-refractivity contribution in [2.45, 2.75) is 46.1 Å². The number of benzene rings is 1. The van der Waals surface area contributed by atoms with E-state index in [4.69, 9.17) is 8.85 Å². The lowest BCUT2D eigenvalue weighted by atomic mass is 9.68. The van der Waals surface area contributed by atoms with E-state index in [1.54, 1.807) is 0 Å². The Morgan fingerprint density at radius 3 is 2.05 bits per heavy atom. The molecule has 0 aromatic heterocycles. The van der Waals surface area contributed by atoms with Crippen LogP contribution in [-0.2, 0) is 8.85 Å². The number of hydrogen-bond acceptors (Lipinski definition) is 3. The largest absolute Gasteiger partial charge is 0.400 e. The van der Waals surface area contributed by atoms with Crippen LogP contribution < -0.4 is 0 Å². The summed E-state index contributed by atoms with van der Waals surface area (Å²) >= 11 is 0. The van der Waals surface area contributed by atoms with Crippen molar-refractivity contribution in [1.29, 1.82) is 0 Å². The van der Waals surface area contributed by atoms with E-state index in [1.165, 1.54) is 5.56 Å². The van der Waals surface area contributed by atoms with Crippen molar-refractivity contribution in [3.05, 3.63) is 35.9 Å². The molecule has 0 radical (unpaired) electrons. The van der Waals surface area contributed by atoms with Gasteiger partial charge in [-0.3, -0.25) is 0 Å². The normalized spacial score (nSPS) is 17.6. The van der Waals surface area contributed by atoms with Crippen molar-refractivity contribution in [3.63, 3.8) is 0 Å². The van der Waals surface area contributed by atoms with Gasteiger partial charge >= 0.3 is 0 Å². The fourth-order valence-electron chi connectivity index (χ4n) is 3.18. The second kappa shape index (κ2) is 8.85. The van der Waals surface area contributed by atoms with Gasteiger partial charge in [-0.25, -0.2) is 0 Å². The highest BCUT2D eigenvalue weighted by Gasteiger charge is 2.41. The van der Waals surface area contributed by atoms with Crippen LogP contribution in [0.15, 0.2) is 30.3 Å². The molecule has 1 aromatic carbocycles. The number of aliphatic hydroxyl groups is 1. The van der Waals surface area contributed by atoms with Crippen LogP contribution in [-0.4, -0.2) is 37.5 Å². The summed E-state index contributed by atoms with van der Waals surface area (Å²) < 4.78 is 12.0. The van der Waals surface area contributed by atoms with E-state index in [-0.39, 0.29) is 30.1 Å². The molecule has 0 heterocycles. The first kappa shape index (κ1) is 18.6. The number of rotatable bonds is 9. The highest BCUT2D eigenvalue weighted by molar-refractivity contribution is 6.26. The van der Waals surface area contributed by atoms with Gasteiger partial charge in [0.2, 0.25) is 0 Å². The zero-order valence-corrected chi connectivity index (χ0v) is 16.8. The topological polar surface area (TPSA) is 38.7 Å². The molecule has 3 nitrogen and oxygen atoms in total. The smallest absolute Gasteiger partial charge is 0.161 e. The van der Waals surface area contributed by atoms with E-state index < -0.39 is 19.5 Å². The zero-order valence-electron chi connectivity index (χ0n) is 14.0. The first-order valence-electron chi connectivity index (χ1n) is 7.87. The minimum absolute atomic E-state index is 0.161. The van der Waals surface area contributed by atoms with Crippen LogP contribution in [0.2, 0.25) is 13.1 Å². The second-order valence-corrected chi connectivity index (χ2v) is 7.93. The molecular formula is C16H30O3Si2. The van der Waals surface area contributed by atoms with Gasteiger partial charge in [0, 0.05) is 12.0 Å². The van der Waals surface area contributed by atoms with Crippen LogP contribution in [0.3, 0.4) is 0 Å². The molecule has 0 bridgehead atoms. The molecule has 0 aliphatic heterocycles. The molecular weight excluding hydrogens is 296 g/mol. The fourth-order valence-corrected chi connectivity index (χ4v) is 5.03. The lowest BCUT2D eigenvalue weighted by Gasteiger charge is -2.43. The van der Waals surface area contributed by atoms with Gasteiger partial charge in [0.15, 0.2) is 19.5 Å². The van der Waals surface area contributed by atoms with E-state index in [0.717, 1.165) is 0 Å². The Morgan fingerprint density at radius 2 is 1.62 bits per heavy atom. The Bertz CT molecular complexity index is 392. The molecule has 0 saturated heterocycles. The van der Waals surface area contributed by atoms with Gasteiger partial charge in [0.1, 0.15) is 6.29 Å². The molecule has 1 N–H and O–H groups in total. The van der Waals surface area contributed by atoms with Gasteiger partial charge in [-0.05, 0) is 17.4 Å². The van der Waals surface area contributed by atoms with Gasteiger partial charge in [-0.2, -0.15) is 0 Å². The summed E-state index contributed by atoms with van der Waals surface area (Å²) in [6, 6.07) is 10.4. The Hall–Kier alpha value is -0.466. The highest BCUT2D eigenvalue weighted by atomic mass is 28.2. The first-order valence-corrected chi connectivity index (χ1v) is 11.9. The van der Waals surface area contributed by atoms with E-state index in [0.29, 0.717) is 0 Å². The third kappa shape index (κ3) is 4.76. The summed E-state index contributed by atoms with van der Waals surface area (Å²) in [5.74, 6) is 0.365. The standard InChI is InChI=1S/C16H30O3Si2/c1-12(11-17)14(13-9-7-6-8-10-13)16(2,3)15(18-20-4)19-21-5/h6-10,12,14-15,17H,11,20-21H2,1-5H3. The molecule has 2 unspecified atom stereocenters. The summed E-state index contributed by atoms with van der Waals surface area (Å²) in [6.45, 7) is 10.9. The molecule has 0 saturated carbocycles. The summed E-state index contributed by atoms with van der Waals surface area (Å²) in [5.41, 5.74) is 1.08. The molecule has 1 aromatic rings. The third-order valence-corrected chi connectivity index (χ3v) is 5.33. The molecule has 1 rings (SSSR count). The maximum absolute atomic E-state index is 9.71. The van der Waals surface area contributed by atoms with Crippen molar-refractivity contribution >= 4 is 19.5 Å². The maximum Gasteiger partial charge on any atom is 0.161 e. The van der Waals surface area contributed by atoms with E-state index in [1.807, 2.05) is 6.07 Å². The molecule has 0 aliphatic rings. The van der Waals surface area contributed by atoms with Crippen LogP contribution in [0.4, 0.5) is 0 Å². The predicted octanol–water partition coefficient (Wildman–Crippen LogP) is 2.05. The average Bonchev–Trinajstić information content (AvgIpc) is 2.48. The van der Waals surface area contributed by atoms with Gasteiger partial charge in [0.25, 0.3) is 0 Å². The van der Waals surface area contributed by atoms with Gasteiger partial charge in [-0.1, -0.05) is 64.2 Å². The van der Waals surface area contributed by atoms with E-state index in [9.17, 15) is 5.11 Å². The maximum atomic E-state index is 9.71. The van der Waals surface area contributed by atoms with Crippen LogP contribution in [0.5, 0.6) is 0 Å². The molecule has 0 fully saturated rings. The van der Waals surface area contributed by atoms with Gasteiger partial charge in [0.05, 0.1) is 0 Å². The Labute approximate surface area is 133 Å². The summed E-state index contributed by atoms with van der Waals surface area (Å²) in [7, 11) is -1.08. The van der Waals surface area contributed by atoms with Crippen LogP contribution in [0, 0.1) is 11.3 Å². The Kier molecular flexibility index (Phi) is 7.83.